The van der Waals surface area contributed by atoms with Crippen LogP contribution in [0.1, 0.15) is 0 Å². The second kappa shape index (κ2) is 6.71. The normalized spacial score (nSPS) is 11.6. The first kappa shape index (κ1) is 16.6. The molecule has 2 heterocycles. The van der Waals surface area contributed by atoms with E-state index in [-0.39, 0.29) is 9.10 Å². The van der Waals surface area contributed by atoms with E-state index in [1.54, 1.807) is 36.3 Å². The van der Waals surface area contributed by atoms with Crippen molar-refractivity contribution in [1.82, 2.24) is 14.8 Å². The Morgan fingerprint density at radius 1 is 1.21 bits per heavy atom. The van der Waals surface area contributed by atoms with Crippen LogP contribution >= 0.6 is 11.3 Å². The number of nitrogens with zero attached hydrogens (tertiary/aromatic N) is 3. The minimum absolute atomic E-state index is 0.133. The van der Waals surface area contributed by atoms with Crippen molar-refractivity contribution in [3.63, 3.8) is 0 Å². The largest absolute Gasteiger partial charge is 0.497 e. The molecule has 125 valence electrons. The van der Waals surface area contributed by atoms with Crippen molar-refractivity contribution in [3.05, 3.63) is 42.3 Å². The van der Waals surface area contributed by atoms with Crippen LogP contribution in [0.2, 0.25) is 0 Å². The van der Waals surface area contributed by atoms with E-state index in [0.717, 1.165) is 16.9 Å². The van der Waals surface area contributed by atoms with E-state index < -0.39 is 9.84 Å². The van der Waals surface area contributed by atoms with Crippen LogP contribution in [-0.4, -0.2) is 37.4 Å². The Bertz CT molecular complexity index is 934. The summed E-state index contributed by atoms with van der Waals surface area (Å²) in [7, 11) is -0.606. The summed E-state index contributed by atoms with van der Waals surface area (Å²) in [6.07, 6.45) is 4.70. The van der Waals surface area contributed by atoms with Crippen LogP contribution in [0.15, 0.2) is 45.9 Å². The molecule has 7 nitrogen and oxygen atoms in total. The summed E-state index contributed by atoms with van der Waals surface area (Å²) in [5.41, 5.74) is 4.00. The molecule has 3 aromatic rings. The number of methoxy groups -OCH3 is 2. The van der Waals surface area contributed by atoms with Gasteiger partial charge in [0, 0.05) is 18.9 Å². The summed E-state index contributed by atoms with van der Waals surface area (Å²) < 4.78 is 37.4. The molecule has 0 N–H and O–H groups in total. The lowest BCUT2D eigenvalue weighted by Crippen LogP contribution is -2.01. The van der Waals surface area contributed by atoms with Crippen molar-refractivity contribution in [1.29, 1.82) is 0 Å². The molecule has 0 saturated carbocycles. The van der Waals surface area contributed by atoms with Gasteiger partial charge in [0.05, 0.1) is 24.4 Å². The third kappa shape index (κ3) is 3.18. The molecule has 2 aromatic heterocycles. The molecule has 0 amide bonds. The van der Waals surface area contributed by atoms with Crippen LogP contribution in [0.25, 0.3) is 11.1 Å². The molecule has 0 unspecified atom stereocenters. The molecule has 0 fully saturated rings. The average Bonchev–Trinajstić information content (AvgIpc) is 3.26. The van der Waals surface area contributed by atoms with Gasteiger partial charge in [-0.2, -0.15) is 5.10 Å². The number of rotatable bonds is 6. The summed E-state index contributed by atoms with van der Waals surface area (Å²) in [4.78, 5) is 3.85. The number of benzene rings is 1. The summed E-state index contributed by atoms with van der Waals surface area (Å²) in [5.74, 6) is 0.444. The molecule has 1 aromatic carbocycles. The number of thiazole rings is 1. The Balaban J connectivity index is 2.08. The highest BCUT2D eigenvalue weighted by Crippen LogP contribution is 2.31. The first-order valence-electron chi connectivity index (χ1n) is 6.82. The van der Waals surface area contributed by atoms with Gasteiger partial charge in [-0.15, -0.1) is 0 Å². The number of ether oxygens (including phenoxy) is 2. The molecule has 0 spiro atoms. The van der Waals surface area contributed by atoms with Gasteiger partial charge in [0.1, 0.15) is 16.7 Å². The zero-order chi connectivity index (χ0) is 17.2. The third-order valence-electron chi connectivity index (χ3n) is 3.29. The lowest BCUT2D eigenvalue weighted by atomic mass is 10.1. The van der Waals surface area contributed by atoms with Gasteiger partial charge in [-0.25, -0.2) is 18.1 Å². The van der Waals surface area contributed by atoms with Crippen LogP contribution in [-0.2, 0) is 21.3 Å². The molecular formula is C15H14N3O4S2. The second-order valence-electron chi connectivity index (χ2n) is 4.86. The summed E-state index contributed by atoms with van der Waals surface area (Å²) in [5, 5.41) is 4.17. The molecule has 3 rings (SSSR count). The van der Waals surface area contributed by atoms with Crippen molar-refractivity contribution in [2.75, 3.05) is 14.2 Å². The quantitative estimate of drug-likeness (QED) is 0.667. The SMILES string of the molecule is COCn1cc(-c2cc(OC)cc(S(=O)(=O)c3cn[c]s3)c2)cn1. The average molecular weight is 364 g/mol. The third-order valence-corrected chi connectivity index (χ3v) is 6.19. The zero-order valence-electron chi connectivity index (χ0n) is 13.0. The Hall–Kier alpha value is -2.23. The highest BCUT2D eigenvalue weighted by Gasteiger charge is 2.21. The standard InChI is InChI=1S/C15H14N3O4S2/c1-21-10-18-8-12(6-17-18)11-3-13(22-2)5-14(4-11)24(19,20)15-7-16-9-23-15/h3-8H,10H2,1-2H3. The highest BCUT2D eigenvalue weighted by atomic mass is 32.2. The van der Waals surface area contributed by atoms with Crippen LogP contribution in [0, 0.1) is 5.51 Å². The van der Waals surface area contributed by atoms with Crippen molar-refractivity contribution in [2.45, 2.75) is 15.8 Å². The maximum absolute atomic E-state index is 12.7. The molecule has 0 saturated heterocycles. The number of hydrogen-bond acceptors (Lipinski definition) is 7. The van der Waals surface area contributed by atoms with E-state index in [2.05, 4.69) is 15.6 Å². The van der Waals surface area contributed by atoms with Gasteiger partial charge in [-0.1, -0.05) is 11.3 Å². The summed E-state index contributed by atoms with van der Waals surface area (Å²) in [6, 6.07) is 4.83. The van der Waals surface area contributed by atoms with Crippen molar-refractivity contribution < 1.29 is 17.9 Å². The van der Waals surface area contributed by atoms with Gasteiger partial charge in [0.15, 0.2) is 5.51 Å². The van der Waals surface area contributed by atoms with Crippen LogP contribution < -0.4 is 4.74 Å². The fourth-order valence-electron chi connectivity index (χ4n) is 2.14. The highest BCUT2D eigenvalue weighted by molar-refractivity contribution is 7.93. The number of aromatic nitrogens is 3. The number of sulfone groups is 1. The van der Waals surface area contributed by atoms with Gasteiger partial charge in [-0.3, -0.25) is 0 Å². The van der Waals surface area contributed by atoms with E-state index in [4.69, 9.17) is 9.47 Å². The first-order chi connectivity index (χ1) is 11.5. The van der Waals surface area contributed by atoms with Crippen LogP contribution in [0.3, 0.4) is 0 Å². The van der Waals surface area contributed by atoms with Crippen LogP contribution in [0.4, 0.5) is 0 Å². The molecular weight excluding hydrogens is 350 g/mol. The minimum Gasteiger partial charge on any atom is -0.497 e. The van der Waals surface area contributed by atoms with Crippen LogP contribution in [0.5, 0.6) is 5.75 Å². The Labute approximate surface area is 143 Å². The van der Waals surface area contributed by atoms with Crippen molar-refractivity contribution >= 4 is 21.2 Å². The molecule has 1 radical (unpaired) electrons. The predicted molar refractivity (Wildman–Crippen MR) is 87.6 cm³/mol. The molecule has 0 aliphatic heterocycles. The van der Waals surface area contributed by atoms with Gasteiger partial charge >= 0.3 is 0 Å². The molecule has 0 bridgehead atoms. The first-order valence-corrected chi connectivity index (χ1v) is 9.12. The monoisotopic (exact) mass is 364 g/mol. The van der Waals surface area contributed by atoms with Gasteiger partial charge in [-0.05, 0) is 23.8 Å². The summed E-state index contributed by atoms with van der Waals surface area (Å²) in [6.45, 7) is 0.311. The smallest absolute Gasteiger partial charge is 0.217 e. The van der Waals surface area contributed by atoms with E-state index in [9.17, 15) is 8.42 Å². The number of hydrogen-bond donors (Lipinski definition) is 0. The maximum atomic E-state index is 12.7. The Kier molecular flexibility index (Phi) is 4.65. The molecule has 24 heavy (non-hydrogen) atoms. The Morgan fingerprint density at radius 3 is 2.71 bits per heavy atom. The van der Waals surface area contributed by atoms with Gasteiger partial charge in [0.25, 0.3) is 0 Å². The van der Waals surface area contributed by atoms with E-state index in [1.165, 1.54) is 19.4 Å². The van der Waals surface area contributed by atoms with Crippen molar-refractivity contribution in [3.8, 4) is 16.9 Å². The summed E-state index contributed by atoms with van der Waals surface area (Å²) >= 11 is 0.953. The maximum Gasteiger partial charge on any atom is 0.217 e. The van der Waals surface area contributed by atoms with E-state index in [1.807, 2.05) is 0 Å². The van der Waals surface area contributed by atoms with Gasteiger partial charge < -0.3 is 9.47 Å². The lowest BCUT2D eigenvalue weighted by molar-refractivity contribution is 0.120. The second-order valence-corrected chi connectivity index (χ2v) is 7.86. The molecule has 0 atom stereocenters. The van der Waals surface area contributed by atoms with Gasteiger partial charge in [0.2, 0.25) is 9.84 Å². The van der Waals surface area contributed by atoms with E-state index >= 15 is 0 Å². The zero-order valence-corrected chi connectivity index (χ0v) is 14.6. The topological polar surface area (TPSA) is 83.3 Å². The minimum atomic E-state index is -3.67. The van der Waals surface area contributed by atoms with E-state index in [0.29, 0.717) is 18.0 Å². The Morgan fingerprint density at radius 2 is 2.04 bits per heavy atom. The fourth-order valence-corrected chi connectivity index (χ4v) is 4.26. The molecule has 0 aliphatic carbocycles. The predicted octanol–water partition coefficient (Wildman–Crippen LogP) is 2.25. The fraction of sp³-hybridized carbons (Fsp3) is 0.200. The molecule has 0 aliphatic rings. The van der Waals surface area contributed by atoms with Crippen molar-refractivity contribution in [2.24, 2.45) is 0 Å². The lowest BCUT2D eigenvalue weighted by Gasteiger charge is -2.08. The molecule has 9 heteroatoms.